The molecule has 0 bridgehead atoms. The number of benzene rings is 7. The molecule has 0 saturated carbocycles. The molecule has 0 radical (unpaired) electrons. The average molecular weight is 612 g/mol. The smallest absolute Gasteiger partial charge is 0.0541 e. The third-order valence-corrected chi connectivity index (χ3v) is 10.4. The molecule has 2 aromatic heterocycles. The fourth-order valence-corrected chi connectivity index (χ4v) is 8.17. The van der Waals surface area contributed by atoms with E-state index in [1.807, 2.05) is 17.4 Å². The van der Waals surface area contributed by atoms with E-state index in [2.05, 4.69) is 156 Å². The summed E-state index contributed by atoms with van der Waals surface area (Å²) in [6.45, 7) is 0. The zero-order valence-corrected chi connectivity index (χ0v) is 25.8. The second kappa shape index (κ2) is 10.5. The summed E-state index contributed by atoms with van der Waals surface area (Å²) in [7, 11) is 0. The van der Waals surface area contributed by atoms with Crippen molar-refractivity contribution in [1.29, 1.82) is 0 Å². The Bertz CT molecular complexity index is 2480. The zero-order valence-electron chi connectivity index (χ0n) is 24.2. The van der Waals surface area contributed by atoms with Crippen molar-refractivity contribution in [3.8, 4) is 39.1 Å². The topological polar surface area (TPSA) is 4.93 Å². The number of rotatable bonds is 4. The Hall–Kier alpha value is -5.15. The van der Waals surface area contributed by atoms with E-state index in [0.717, 1.165) is 27.4 Å². The standard InChI is InChI=1S/C42H26ClNS/c43-38-23-22-30(29-20-18-28(19-21-29)27-10-2-1-3-11-27)24-35(38)37-26-31(25-36-34-14-6-9-17-41(34)45-42(36)37)44-39-15-7-4-12-32(39)33-13-5-8-16-40(33)44/h1-26H. The molecule has 1 nitrogen and oxygen atoms in total. The number of halogens is 1. The molecule has 0 amide bonds. The second-order valence-corrected chi connectivity index (χ2v) is 12.9. The van der Waals surface area contributed by atoms with Gasteiger partial charge in [-0.3, -0.25) is 0 Å². The predicted octanol–water partition coefficient (Wildman–Crippen LogP) is 12.8. The molecule has 212 valence electrons. The van der Waals surface area contributed by atoms with Gasteiger partial charge in [0.25, 0.3) is 0 Å². The lowest BCUT2D eigenvalue weighted by Gasteiger charge is -2.14. The van der Waals surface area contributed by atoms with Crippen LogP contribution in [0.1, 0.15) is 0 Å². The van der Waals surface area contributed by atoms with Gasteiger partial charge >= 0.3 is 0 Å². The molecule has 0 N–H and O–H groups in total. The van der Waals surface area contributed by atoms with Crippen LogP contribution in [0.2, 0.25) is 5.02 Å². The summed E-state index contributed by atoms with van der Waals surface area (Å²) in [5, 5.41) is 5.77. The lowest BCUT2D eigenvalue weighted by atomic mass is 9.96. The van der Waals surface area contributed by atoms with Crippen molar-refractivity contribution < 1.29 is 0 Å². The van der Waals surface area contributed by atoms with Crippen LogP contribution >= 0.6 is 22.9 Å². The third-order valence-electron chi connectivity index (χ3n) is 8.88. The van der Waals surface area contributed by atoms with Crippen LogP contribution < -0.4 is 0 Å². The quantitative estimate of drug-likeness (QED) is 0.186. The van der Waals surface area contributed by atoms with Gasteiger partial charge in [0, 0.05) is 52.8 Å². The lowest BCUT2D eigenvalue weighted by Crippen LogP contribution is -1.95. The molecule has 9 rings (SSSR count). The fourth-order valence-electron chi connectivity index (χ4n) is 6.74. The van der Waals surface area contributed by atoms with E-state index in [4.69, 9.17) is 11.6 Å². The first-order valence-corrected chi connectivity index (χ1v) is 16.3. The van der Waals surface area contributed by atoms with Gasteiger partial charge in [0.15, 0.2) is 0 Å². The molecule has 0 unspecified atom stereocenters. The zero-order chi connectivity index (χ0) is 29.9. The van der Waals surface area contributed by atoms with Crippen molar-refractivity contribution in [1.82, 2.24) is 4.57 Å². The van der Waals surface area contributed by atoms with E-state index in [9.17, 15) is 0 Å². The van der Waals surface area contributed by atoms with Gasteiger partial charge in [-0.25, -0.2) is 0 Å². The fraction of sp³-hybridized carbons (Fsp3) is 0. The van der Waals surface area contributed by atoms with Crippen LogP contribution in [0, 0.1) is 0 Å². The highest BCUT2D eigenvalue weighted by Gasteiger charge is 2.19. The van der Waals surface area contributed by atoms with Gasteiger partial charge in [-0.1, -0.05) is 127 Å². The Balaban J connectivity index is 1.28. The summed E-state index contributed by atoms with van der Waals surface area (Å²) < 4.78 is 4.93. The molecule has 0 spiro atoms. The molecular formula is C42H26ClNS. The Morgan fingerprint density at radius 1 is 0.422 bits per heavy atom. The average Bonchev–Trinajstić information content (AvgIpc) is 3.65. The van der Waals surface area contributed by atoms with E-state index in [0.29, 0.717) is 0 Å². The number of para-hydroxylation sites is 2. The van der Waals surface area contributed by atoms with Crippen molar-refractivity contribution in [3.05, 3.63) is 163 Å². The molecule has 9 aromatic rings. The van der Waals surface area contributed by atoms with E-state index in [1.165, 1.54) is 58.7 Å². The molecule has 45 heavy (non-hydrogen) atoms. The number of hydrogen-bond donors (Lipinski definition) is 0. The Labute approximate surface area is 270 Å². The van der Waals surface area contributed by atoms with Crippen molar-refractivity contribution in [3.63, 3.8) is 0 Å². The second-order valence-electron chi connectivity index (χ2n) is 11.5. The minimum Gasteiger partial charge on any atom is -0.309 e. The minimum absolute atomic E-state index is 0.748. The van der Waals surface area contributed by atoms with Crippen LogP contribution in [0.3, 0.4) is 0 Å². The van der Waals surface area contributed by atoms with Crippen molar-refractivity contribution >= 4 is 64.9 Å². The number of hydrogen-bond acceptors (Lipinski definition) is 1. The summed E-state index contributed by atoms with van der Waals surface area (Å²) in [4.78, 5) is 0. The molecule has 0 saturated heterocycles. The first-order chi connectivity index (χ1) is 22.2. The van der Waals surface area contributed by atoms with Crippen LogP contribution in [-0.4, -0.2) is 4.57 Å². The molecule has 0 aliphatic carbocycles. The van der Waals surface area contributed by atoms with E-state index in [-0.39, 0.29) is 0 Å². The SMILES string of the molecule is Clc1ccc(-c2ccc(-c3ccccc3)cc2)cc1-c1cc(-n2c3ccccc3c3ccccc32)cc2c1sc1ccccc12. The van der Waals surface area contributed by atoms with Gasteiger partial charge in [0.05, 0.1) is 11.0 Å². The van der Waals surface area contributed by atoms with Gasteiger partial charge in [0.2, 0.25) is 0 Å². The van der Waals surface area contributed by atoms with Gasteiger partial charge in [-0.15, -0.1) is 11.3 Å². The largest absolute Gasteiger partial charge is 0.309 e. The third kappa shape index (κ3) is 4.29. The van der Waals surface area contributed by atoms with Crippen LogP contribution in [-0.2, 0) is 0 Å². The number of nitrogens with zero attached hydrogens (tertiary/aromatic N) is 1. The van der Waals surface area contributed by atoms with E-state index >= 15 is 0 Å². The van der Waals surface area contributed by atoms with Crippen LogP contribution in [0.4, 0.5) is 0 Å². The molecular weight excluding hydrogens is 586 g/mol. The molecule has 0 aliphatic rings. The molecule has 0 aliphatic heterocycles. The summed E-state index contributed by atoms with van der Waals surface area (Å²) in [5.41, 5.74) is 10.5. The summed E-state index contributed by atoms with van der Waals surface area (Å²) >= 11 is 8.93. The summed E-state index contributed by atoms with van der Waals surface area (Å²) in [6, 6.07) is 56.5. The molecule has 0 atom stereocenters. The van der Waals surface area contributed by atoms with Gasteiger partial charge in [-0.2, -0.15) is 0 Å². The monoisotopic (exact) mass is 611 g/mol. The minimum atomic E-state index is 0.748. The number of fused-ring (bicyclic) bond motifs is 6. The highest BCUT2D eigenvalue weighted by molar-refractivity contribution is 7.26. The maximum absolute atomic E-state index is 7.09. The molecule has 0 fully saturated rings. The summed E-state index contributed by atoms with van der Waals surface area (Å²) in [5.74, 6) is 0. The molecule has 7 aromatic carbocycles. The molecule has 2 heterocycles. The van der Waals surface area contributed by atoms with Crippen LogP contribution in [0.5, 0.6) is 0 Å². The normalized spacial score (nSPS) is 11.7. The highest BCUT2D eigenvalue weighted by Crippen LogP contribution is 2.45. The maximum atomic E-state index is 7.09. The van der Waals surface area contributed by atoms with Gasteiger partial charge in [-0.05, 0) is 64.7 Å². The predicted molar refractivity (Wildman–Crippen MR) is 195 cm³/mol. The van der Waals surface area contributed by atoms with Crippen molar-refractivity contribution in [2.45, 2.75) is 0 Å². The number of thiophene rings is 1. The van der Waals surface area contributed by atoms with Crippen LogP contribution in [0.15, 0.2) is 158 Å². The lowest BCUT2D eigenvalue weighted by molar-refractivity contribution is 1.19. The van der Waals surface area contributed by atoms with Crippen LogP contribution in [0.25, 0.3) is 81.0 Å². The summed E-state index contributed by atoms with van der Waals surface area (Å²) in [6.07, 6.45) is 0. The first-order valence-electron chi connectivity index (χ1n) is 15.1. The Morgan fingerprint density at radius 3 is 1.69 bits per heavy atom. The Morgan fingerprint density at radius 2 is 0.978 bits per heavy atom. The van der Waals surface area contributed by atoms with Crippen molar-refractivity contribution in [2.24, 2.45) is 0 Å². The maximum Gasteiger partial charge on any atom is 0.0541 e. The van der Waals surface area contributed by atoms with Crippen molar-refractivity contribution in [2.75, 3.05) is 0 Å². The van der Waals surface area contributed by atoms with E-state index in [1.54, 1.807) is 0 Å². The molecule has 3 heteroatoms. The van der Waals surface area contributed by atoms with Gasteiger partial charge < -0.3 is 4.57 Å². The first kappa shape index (κ1) is 26.3. The highest BCUT2D eigenvalue weighted by atomic mass is 35.5. The number of aromatic nitrogens is 1. The van der Waals surface area contributed by atoms with E-state index < -0.39 is 0 Å². The Kier molecular flexibility index (Phi) is 6.12. The van der Waals surface area contributed by atoms with Gasteiger partial charge in [0.1, 0.15) is 0 Å².